The maximum atomic E-state index is 6.64. The largest absolute Gasteiger partial charge is 0.319 e. The molecule has 0 spiro atoms. The maximum Gasteiger partial charge on any atom is 0.113 e. The van der Waals surface area contributed by atoms with E-state index in [4.69, 9.17) is 10.7 Å². The van der Waals surface area contributed by atoms with E-state index < -0.39 is 0 Å². The van der Waals surface area contributed by atoms with E-state index in [0.717, 1.165) is 11.4 Å². The van der Waals surface area contributed by atoms with Crippen LogP contribution in [0.5, 0.6) is 0 Å². The Bertz CT molecular complexity index is 391. The third kappa shape index (κ3) is 2.27. The summed E-state index contributed by atoms with van der Waals surface area (Å²) >= 11 is 1.76. The highest BCUT2D eigenvalue weighted by Crippen LogP contribution is 2.44. The summed E-state index contributed by atoms with van der Waals surface area (Å²) in [4.78, 5) is 4.83. The first kappa shape index (κ1) is 13.0. The van der Waals surface area contributed by atoms with Crippen LogP contribution in [0.25, 0.3) is 0 Å². The second kappa shape index (κ2) is 4.36. The lowest BCUT2D eigenvalue weighted by atomic mass is 9.86. The fraction of sp³-hybridized carbons (Fsp3) is 0.786. The molecule has 2 atom stereocenters. The molecule has 2 unspecified atom stereocenters. The van der Waals surface area contributed by atoms with Gasteiger partial charge in [-0.25, -0.2) is 4.98 Å². The lowest BCUT2D eigenvalue weighted by Gasteiger charge is -2.28. The summed E-state index contributed by atoms with van der Waals surface area (Å²) < 4.78 is 0. The second-order valence-electron chi connectivity index (χ2n) is 6.33. The SMILES string of the molecule is CCC1CCCC1(N)c1nc(C(C)(C)C)cs1. The summed E-state index contributed by atoms with van der Waals surface area (Å²) in [6, 6.07) is 0. The van der Waals surface area contributed by atoms with Crippen molar-refractivity contribution in [3.8, 4) is 0 Å². The summed E-state index contributed by atoms with van der Waals surface area (Å²) in [6.45, 7) is 8.87. The molecule has 0 saturated heterocycles. The number of hydrogen-bond acceptors (Lipinski definition) is 3. The van der Waals surface area contributed by atoms with Crippen LogP contribution >= 0.6 is 11.3 Å². The van der Waals surface area contributed by atoms with Gasteiger partial charge in [0, 0.05) is 10.8 Å². The summed E-state index contributed by atoms with van der Waals surface area (Å²) in [6.07, 6.45) is 4.78. The predicted octanol–water partition coefficient (Wildman–Crippen LogP) is 3.80. The Balaban J connectivity index is 2.31. The number of nitrogens with zero attached hydrogens (tertiary/aromatic N) is 1. The van der Waals surface area contributed by atoms with Crippen molar-refractivity contribution >= 4 is 11.3 Å². The molecule has 17 heavy (non-hydrogen) atoms. The molecule has 0 amide bonds. The lowest BCUT2D eigenvalue weighted by molar-refractivity contribution is 0.313. The zero-order chi connectivity index (χ0) is 12.7. The number of nitrogens with two attached hydrogens (primary N) is 1. The normalized spacial score (nSPS) is 29.8. The first-order valence-corrected chi connectivity index (χ1v) is 7.51. The van der Waals surface area contributed by atoms with Gasteiger partial charge in [-0.1, -0.05) is 40.5 Å². The van der Waals surface area contributed by atoms with Gasteiger partial charge in [0.05, 0.1) is 11.2 Å². The van der Waals surface area contributed by atoms with Gasteiger partial charge >= 0.3 is 0 Å². The fourth-order valence-electron chi connectivity index (χ4n) is 2.78. The minimum Gasteiger partial charge on any atom is -0.319 e. The van der Waals surface area contributed by atoms with Gasteiger partial charge in [-0.3, -0.25) is 0 Å². The van der Waals surface area contributed by atoms with Crippen molar-refractivity contribution < 1.29 is 0 Å². The van der Waals surface area contributed by atoms with Gasteiger partial charge in [-0.05, 0) is 18.8 Å². The Kier molecular flexibility index (Phi) is 3.34. The van der Waals surface area contributed by atoms with Crippen LogP contribution in [0.1, 0.15) is 64.1 Å². The van der Waals surface area contributed by atoms with Crippen molar-refractivity contribution in [2.24, 2.45) is 11.7 Å². The smallest absolute Gasteiger partial charge is 0.113 e. The van der Waals surface area contributed by atoms with Gasteiger partial charge in [0.2, 0.25) is 0 Å². The number of aromatic nitrogens is 1. The third-order valence-electron chi connectivity index (χ3n) is 4.04. The van der Waals surface area contributed by atoms with E-state index in [1.165, 1.54) is 25.0 Å². The third-order valence-corrected chi connectivity index (χ3v) is 5.07. The van der Waals surface area contributed by atoms with E-state index in [-0.39, 0.29) is 11.0 Å². The van der Waals surface area contributed by atoms with E-state index in [0.29, 0.717) is 5.92 Å². The topological polar surface area (TPSA) is 38.9 Å². The first-order valence-electron chi connectivity index (χ1n) is 6.63. The van der Waals surface area contributed by atoms with Crippen molar-refractivity contribution in [2.75, 3.05) is 0 Å². The molecule has 1 fully saturated rings. The molecule has 2 rings (SSSR count). The highest BCUT2D eigenvalue weighted by molar-refractivity contribution is 7.09. The van der Waals surface area contributed by atoms with Crippen molar-refractivity contribution in [1.29, 1.82) is 0 Å². The molecule has 1 aromatic heterocycles. The van der Waals surface area contributed by atoms with E-state index in [9.17, 15) is 0 Å². The summed E-state index contributed by atoms with van der Waals surface area (Å²) in [5, 5.41) is 3.35. The molecule has 1 aliphatic rings. The van der Waals surface area contributed by atoms with Crippen molar-refractivity contribution in [3.63, 3.8) is 0 Å². The molecule has 0 bridgehead atoms. The Hall–Kier alpha value is -0.410. The molecule has 0 radical (unpaired) electrons. The Morgan fingerprint density at radius 1 is 1.53 bits per heavy atom. The zero-order valence-corrected chi connectivity index (χ0v) is 12.2. The van der Waals surface area contributed by atoms with Gasteiger partial charge in [0.25, 0.3) is 0 Å². The Labute approximate surface area is 109 Å². The van der Waals surface area contributed by atoms with Crippen LogP contribution in [0.4, 0.5) is 0 Å². The van der Waals surface area contributed by atoms with Gasteiger partial charge < -0.3 is 5.73 Å². The highest BCUT2D eigenvalue weighted by atomic mass is 32.1. The van der Waals surface area contributed by atoms with Crippen molar-refractivity contribution in [2.45, 2.75) is 64.3 Å². The summed E-state index contributed by atoms with van der Waals surface area (Å²) in [5.41, 5.74) is 7.80. The van der Waals surface area contributed by atoms with Gasteiger partial charge in [0.15, 0.2) is 0 Å². The Morgan fingerprint density at radius 2 is 2.24 bits per heavy atom. The van der Waals surface area contributed by atoms with Crippen molar-refractivity contribution in [1.82, 2.24) is 4.98 Å². The summed E-state index contributed by atoms with van der Waals surface area (Å²) in [7, 11) is 0. The van der Waals surface area contributed by atoms with Crippen LogP contribution in [0.2, 0.25) is 0 Å². The van der Waals surface area contributed by atoms with E-state index in [1.807, 2.05) is 0 Å². The molecule has 3 heteroatoms. The van der Waals surface area contributed by atoms with Gasteiger partial charge in [-0.2, -0.15) is 0 Å². The Morgan fingerprint density at radius 3 is 2.76 bits per heavy atom. The monoisotopic (exact) mass is 252 g/mol. The average Bonchev–Trinajstić information content (AvgIpc) is 2.82. The fourth-order valence-corrected chi connectivity index (χ4v) is 4.05. The van der Waals surface area contributed by atoms with Crippen LogP contribution in [0, 0.1) is 5.92 Å². The molecule has 0 aliphatic heterocycles. The standard InChI is InChI=1S/C14H24N2S/c1-5-10-7-6-8-14(10,15)12-16-11(9-17-12)13(2,3)4/h9-10H,5-8,15H2,1-4H3. The lowest BCUT2D eigenvalue weighted by Crippen LogP contribution is -2.40. The predicted molar refractivity (Wildman–Crippen MR) is 74.3 cm³/mol. The second-order valence-corrected chi connectivity index (χ2v) is 7.18. The highest BCUT2D eigenvalue weighted by Gasteiger charge is 2.42. The zero-order valence-electron chi connectivity index (χ0n) is 11.4. The molecular weight excluding hydrogens is 228 g/mol. The number of rotatable bonds is 2. The minimum atomic E-state index is -0.150. The molecule has 1 heterocycles. The minimum absolute atomic E-state index is 0.130. The average molecular weight is 252 g/mol. The van der Waals surface area contributed by atoms with E-state index in [1.54, 1.807) is 11.3 Å². The van der Waals surface area contributed by atoms with Crippen LogP contribution in [-0.2, 0) is 11.0 Å². The molecular formula is C14H24N2S. The number of hydrogen-bond donors (Lipinski definition) is 1. The van der Waals surface area contributed by atoms with Gasteiger partial charge in [-0.15, -0.1) is 11.3 Å². The molecule has 1 aliphatic carbocycles. The molecule has 2 N–H and O–H groups in total. The molecule has 96 valence electrons. The summed E-state index contributed by atoms with van der Waals surface area (Å²) in [5.74, 6) is 0.612. The van der Waals surface area contributed by atoms with Crippen LogP contribution < -0.4 is 5.73 Å². The first-order chi connectivity index (χ1) is 7.88. The van der Waals surface area contributed by atoms with Crippen LogP contribution in [0.15, 0.2) is 5.38 Å². The molecule has 2 nitrogen and oxygen atoms in total. The maximum absolute atomic E-state index is 6.64. The van der Waals surface area contributed by atoms with Crippen LogP contribution in [-0.4, -0.2) is 4.98 Å². The molecule has 1 saturated carbocycles. The molecule has 0 aromatic carbocycles. The van der Waals surface area contributed by atoms with Crippen LogP contribution in [0.3, 0.4) is 0 Å². The molecule has 1 aromatic rings. The van der Waals surface area contributed by atoms with Gasteiger partial charge in [0.1, 0.15) is 5.01 Å². The van der Waals surface area contributed by atoms with E-state index in [2.05, 4.69) is 33.1 Å². The quantitative estimate of drug-likeness (QED) is 0.869. The number of thiazole rings is 1. The van der Waals surface area contributed by atoms with Crippen molar-refractivity contribution in [3.05, 3.63) is 16.1 Å². The van der Waals surface area contributed by atoms with E-state index >= 15 is 0 Å².